The summed E-state index contributed by atoms with van der Waals surface area (Å²) in [5, 5.41) is 0. The van der Waals surface area contributed by atoms with Crippen molar-refractivity contribution in [2.45, 2.75) is 19.1 Å². The lowest BCUT2D eigenvalue weighted by Gasteiger charge is -2.13. The number of alkyl halides is 3. The van der Waals surface area contributed by atoms with E-state index in [1.54, 1.807) is 13.0 Å². The van der Waals surface area contributed by atoms with E-state index in [1.165, 1.54) is 12.1 Å². The van der Waals surface area contributed by atoms with Gasteiger partial charge in [0.1, 0.15) is 5.75 Å². The molecule has 1 unspecified atom stereocenters. The molecule has 90 valence electrons. The first-order chi connectivity index (χ1) is 7.29. The second-order valence-electron chi connectivity index (χ2n) is 3.38. The fourth-order valence-electron chi connectivity index (χ4n) is 1.13. The summed E-state index contributed by atoms with van der Waals surface area (Å²) in [6, 6.07) is 4.30. The first-order valence-corrected chi connectivity index (χ1v) is 5.33. The molecule has 1 aromatic rings. The summed E-state index contributed by atoms with van der Waals surface area (Å²) >= 11 is 3.26. The minimum atomic E-state index is -4.33. The molecule has 0 heterocycles. The van der Waals surface area contributed by atoms with E-state index in [4.69, 9.17) is 5.73 Å². The average molecular weight is 298 g/mol. The number of benzene rings is 1. The largest absolute Gasteiger partial charge is 0.484 e. The molecular formula is C10H11BrF3NO. The molecule has 0 spiro atoms. The Morgan fingerprint density at radius 1 is 1.44 bits per heavy atom. The summed E-state index contributed by atoms with van der Waals surface area (Å²) in [5.74, 6) is 0.160. The van der Waals surface area contributed by atoms with Crippen LogP contribution in [0.3, 0.4) is 0 Å². The van der Waals surface area contributed by atoms with Crippen LogP contribution in [-0.4, -0.2) is 12.8 Å². The summed E-state index contributed by atoms with van der Waals surface area (Å²) in [5.41, 5.74) is 6.37. The SMILES string of the molecule is CC(N)c1cc(OCC(F)(F)F)ccc1Br. The van der Waals surface area contributed by atoms with Crippen molar-refractivity contribution in [2.75, 3.05) is 6.61 Å². The Morgan fingerprint density at radius 3 is 2.56 bits per heavy atom. The highest BCUT2D eigenvalue weighted by Crippen LogP contribution is 2.27. The smallest absolute Gasteiger partial charge is 0.422 e. The maximum atomic E-state index is 11.9. The zero-order valence-electron chi connectivity index (χ0n) is 8.51. The highest BCUT2D eigenvalue weighted by atomic mass is 79.9. The van der Waals surface area contributed by atoms with Crippen molar-refractivity contribution in [3.05, 3.63) is 28.2 Å². The summed E-state index contributed by atoms with van der Waals surface area (Å²) in [4.78, 5) is 0. The molecule has 1 aromatic carbocycles. The van der Waals surface area contributed by atoms with E-state index in [1.807, 2.05) is 0 Å². The predicted molar refractivity (Wildman–Crippen MR) is 58.3 cm³/mol. The number of rotatable bonds is 3. The highest BCUT2D eigenvalue weighted by molar-refractivity contribution is 9.10. The van der Waals surface area contributed by atoms with E-state index in [0.29, 0.717) is 5.56 Å². The highest BCUT2D eigenvalue weighted by Gasteiger charge is 2.28. The molecule has 0 amide bonds. The van der Waals surface area contributed by atoms with Crippen LogP contribution in [0.5, 0.6) is 5.75 Å². The molecule has 16 heavy (non-hydrogen) atoms. The third-order valence-electron chi connectivity index (χ3n) is 1.86. The Balaban J connectivity index is 2.79. The van der Waals surface area contributed by atoms with Crippen LogP contribution in [0.1, 0.15) is 18.5 Å². The van der Waals surface area contributed by atoms with Crippen LogP contribution in [0.25, 0.3) is 0 Å². The average Bonchev–Trinajstić information content (AvgIpc) is 2.14. The maximum Gasteiger partial charge on any atom is 0.422 e. The third kappa shape index (κ3) is 4.02. The van der Waals surface area contributed by atoms with E-state index < -0.39 is 12.8 Å². The van der Waals surface area contributed by atoms with Gasteiger partial charge in [-0.2, -0.15) is 13.2 Å². The van der Waals surface area contributed by atoms with Gasteiger partial charge in [0.15, 0.2) is 6.61 Å². The van der Waals surface area contributed by atoms with Gasteiger partial charge in [-0.15, -0.1) is 0 Å². The number of hydrogen-bond donors (Lipinski definition) is 1. The predicted octanol–water partition coefficient (Wildman–Crippen LogP) is 3.41. The van der Waals surface area contributed by atoms with Crippen LogP contribution in [0, 0.1) is 0 Å². The molecule has 0 saturated heterocycles. The lowest BCUT2D eigenvalue weighted by molar-refractivity contribution is -0.153. The standard InChI is InChI=1S/C10H11BrF3NO/c1-6(15)8-4-7(2-3-9(8)11)16-5-10(12,13)14/h2-4,6H,5,15H2,1H3. The molecule has 0 aromatic heterocycles. The first kappa shape index (κ1) is 13.3. The Bertz CT molecular complexity index is 366. The van der Waals surface area contributed by atoms with Crippen LogP contribution in [-0.2, 0) is 0 Å². The molecule has 2 N–H and O–H groups in total. The topological polar surface area (TPSA) is 35.2 Å². The van der Waals surface area contributed by atoms with Crippen molar-refractivity contribution < 1.29 is 17.9 Å². The van der Waals surface area contributed by atoms with Crippen molar-refractivity contribution in [1.82, 2.24) is 0 Å². The Morgan fingerprint density at radius 2 is 2.06 bits per heavy atom. The molecule has 6 heteroatoms. The van der Waals surface area contributed by atoms with Gasteiger partial charge in [-0.25, -0.2) is 0 Å². The molecule has 2 nitrogen and oxygen atoms in total. The van der Waals surface area contributed by atoms with Crippen molar-refractivity contribution in [1.29, 1.82) is 0 Å². The quantitative estimate of drug-likeness (QED) is 0.928. The fourth-order valence-corrected chi connectivity index (χ4v) is 1.73. The molecule has 0 saturated carbocycles. The molecule has 0 aliphatic carbocycles. The molecule has 0 fully saturated rings. The van der Waals surface area contributed by atoms with Crippen molar-refractivity contribution >= 4 is 15.9 Å². The van der Waals surface area contributed by atoms with Gasteiger partial charge in [-0.1, -0.05) is 15.9 Å². The fraction of sp³-hybridized carbons (Fsp3) is 0.400. The number of ether oxygens (including phenoxy) is 1. The van der Waals surface area contributed by atoms with E-state index in [0.717, 1.165) is 4.47 Å². The van der Waals surface area contributed by atoms with E-state index in [2.05, 4.69) is 20.7 Å². The molecule has 0 radical (unpaired) electrons. The van der Waals surface area contributed by atoms with Crippen LogP contribution in [0.4, 0.5) is 13.2 Å². The molecule has 0 aliphatic heterocycles. The van der Waals surface area contributed by atoms with Crippen LogP contribution < -0.4 is 10.5 Å². The van der Waals surface area contributed by atoms with E-state index in [9.17, 15) is 13.2 Å². The van der Waals surface area contributed by atoms with E-state index >= 15 is 0 Å². The molecule has 1 atom stereocenters. The van der Waals surface area contributed by atoms with Gasteiger partial charge in [0.05, 0.1) is 0 Å². The molecule has 0 aliphatic rings. The maximum absolute atomic E-state index is 11.9. The van der Waals surface area contributed by atoms with Gasteiger partial charge in [0, 0.05) is 10.5 Å². The van der Waals surface area contributed by atoms with Crippen LogP contribution >= 0.6 is 15.9 Å². The third-order valence-corrected chi connectivity index (χ3v) is 2.58. The number of nitrogens with two attached hydrogens (primary N) is 1. The Labute approximate surface area is 99.7 Å². The minimum absolute atomic E-state index is 0.160. The monoisotopic (exact) mass is 297 g/mol. The number of hydrogen-bond acceptors (Lipinski definition) is 2. The summed E-state index contributed by atoms with van der Waals surface area (Å²) in [6.07, 6.45) is -4.33. The lowest BCUT2D eigenvalue weighted by Crippen LogP contribution is -2.19. The normalized spacial score (nSPS) is 13.6. The van der Waals surface area contributed by atoms with Crippen molar-refractivity contribution in [3.63, 3.8) is 0 Å². The lowest BCUT2D eigenvalue weighted by atomic mass is 10.1. The van der Waals surface area contributed by atoms with Crippen molar-refractivity contribution in [3.8, 4) is 5.75 Å². The first-order valence-electron chi connectivity index (χ1n) is 4.54. The number of halogens is 4. The molecular weight excluding hydrogens is 287 g/mol. The van der Waals surface area contributed by atoms with Crippen LogP contribution in [0.2, 0.25) is 0 Å². The van der Waals surface area contributed by atoms with Crippen LogP contribution in [0.15, 0.2) is 22.7 Å². The molecule has 1 rings (SSSR count). The second kappa shape index (κ2) is 5.05. The van der Waals surface area contributed by atoms with E-state index in [-0.39, 0.29) is 11.8 Å². The molecule has 0 bridgehead atoms. The van der Waals surface area contributed by atoms with Gasteiger partial charge < -0.3 is 10.5 Å². The summed E-state index contributed by atoms with van der Waals surface area (Å²) < 4.78 is 41.1. The summed E-state index contributed by atoms with van der Waals surface area (Å²) in [6.45, 7) is 0.445. The summed E-state index contributed by atoms with van der Waals surface area (Å²) in [7, 11) is 0. The van der Waals surface area contributed by atoms with Gasteiger partial charge in [-0.3, -0.25) is 0 Å². The van der Waals surface area contributed by atoms with Gasteiger partial charge >= 0.3 is 6.18 Å². The Kier molecular flexibility index (Phi) is 4.21. The van der Waals surface area contributed by atoms with Gasteiger partial charge in [0.2, 0.25) is 0 Å². The minimum Gasteiger partial charge on any atom is -0.484 e. The van der Waals surface area contributed by atoms with Crippen molar-refractivity contribution in [2.24, 2.45) is 5.73 Å². The van der Waals surface area contributed by atoms with Gasteiger partial charge in [0.25, 0.3) is 0 Å². The second-order valence-corrected chi connectivity index (χ2v) is 4.23. The Hall–Kier alpha value is -0.750. The zero-order chi connectivity index (χ0) is 12.3. The zero-order valence-corrected chi connectivity index (χ0v) is 10.1. The van der Waals surface area contributed by atoms with Gasteiger partial charge in [-0.05, 0) is 30.7 Å².